The normalized spacial score (nSPS) is 15.4. The van der Waals surface area contributed by atoms with Gasteiger partial charge in [0.1, 0.15) is 10.8 Å². The second kappa shape index (κ2) is 6.87. The van der Waals surface area contributed by atoms with Crippen molar-refractivity contribution in [3.63, 3.8) is 0 Å². The minimum absolute atomic E-state index is 0.0859. The van der Waals surface area contributed by atoms with Gasteiger partial charge >= 0.3 is 0 Å². The van der Waals surface area contributed by atoms with Gasteiger partial charge in [0.25, 0.3) is 5.91 Å². The standard InChI is InChI=1S/C16H20N2O2S2/c1-10(16-18-12-5-3-4-6-14(12)22-16)17-15(19)13-8-7-11(20-13)9-21-2/h7-8,10H,3-6,9H2,1-2H3,(H,17,19)/t10-/m1/s1. The monoisotopic (exact) mass is 336 g/mol. The number of carbonyl (C=O) groups is 1. The van der Waals surface area contributed by atoms with Crippen LogP contribution in [0.25, 0.3) is 0 Å². The number of fused-ring (bicyclic) bond motifs is 1. The Bertz CT molecular complexity index is 639. The lowest BCUT2D eigenvalue weighted by molar-refractivity contribution is 0.0910. The van der Waals surface area contributed by atoms with Crippen molar-refractivity contribution in [2.45, 2.75) is 44.4 Å². The fraction of sp³-hybridized carbons (Fsp3) is 0.500. The van der Waals surface area contributed by atoms with Crippen LogP contribution in [0.2, 0.25) is 0 Å². The summed E-state index contributed by atoms with van der Waals surface area (Å²) in [5.41, 5.74) is 1.23. The predicted molar refractivity (Wildman–Crippen MR) is 90.6 cm³/mol. The van der Waals surface area contributed by atoms with E-state index < -0.39 is 0 Å². The van der Waals surface area contributed by atoms with E-state index >= 15 is 0 Å². The van der Waals surface area contributed by atoms with Crippen LogP contribution in [0.3, 0.4) is 0 Å². The second-order valence-corrected chi connectivity index (χ2v) is 7.50. The van der Waals surface area contributed by atoms with E-state index in [0.717, 1.165) is 29.4 Å². The molecule has 0 saturated heterocycles. The molecule has 2 aromatic heterocycles. The van der Waals surface area contributed by atoms with E-state index in [1.54, 1.807) is 29.2 Å². The smallest absolute Gasteiger partial charge is 0.287 e. The SMILES string of the molecule is CSCc1ccc(C(=O)N[C@H](C)c2nc3c(s2)CCCC3)o1. The molecule has 22 heavy (non-hydrogen) atoms. The largest absolute Gasteiger partial charge is 0.455 e. The van der Waals surface area contributed by atoms with Gasteiger partial charge in [-0.05, 0) is 51.0 Å². The molecule has 118 valence electrons. The number of furan rings is 1. The third-order valence-corrected chi connectivity index (χ3v) is 5.67. The molecule has 1 atom stereocenters. The van der Waals surface area contributed by atoms with Crippen LogP contribution in [0.4, 0.5) is 0 Å². The van der Waals surface area contributed by atoms with Crippen molar-refractivity contribution in [2.75, 3.05) is 6.26 Å². The van der Waals surface area contributed by atoms with E-state index in [4.69, 9.17) is 9.40 Å². The molecule has 0 aliphatic heterocycles. The van der Waals surface area contributed by atoms with Gasteiger partial charge < -0.3 is 9.73 Å². The number of carbonyl (C=O) groups excluding carboxylic acids is 1. The third kappa shape index (κ3) is 3.38. The maximum Gasteiger partial charge on any atom is 0.287 e. The van der Waals surface area contributed by atoms with Crippen molar-refractivity contribution in [1.82, 2.24) is 10.3 Å². The van der Waals surface area contributed by atoms with E-state index in [1.807, 2.05) is 19.2 Å². The Morgan fingerprint density at radius 1 is 1.45 bits per heavy atom. The van der Waals surface area contributed by atoms with Gasteiger partial charge in [0.05, 0.1) is 17.5 Å². The predicted octanol–water partition coefficient (Wildman–Crippen LogP) is 3.97. The number of hydrogen-bond donors (Lipinski definition) is 1. The summed E-state index contributed by atoms with van der Waals surface area (Å²) in [5, 5.41) is 3.98. The highest BCUT2D eigenvalue weighted by atomic mass is 32.2. The van der Waals surface area contributed by atoms with Crippen molar-refractivity contribution in [1.29, 1.82) is 0 Å². The van der Waals surface area contributed by atoms with Gasteiger partial charge in [-0.3, -0.25) is 4.79 Å². The highest BCUT2D eigenvalue weighted by Crippen LogP contribution is 2.29. The average molecular weight is 336 g/mol. The van der Waals surface area contributed by atoms with E-state index in [2.05, 4.69) is 5.32 Å². The first-order valence-corrected chi connectivity index (χ1v) is 9.75. The fourth-order valence-corrected chi connectivity index (χ4v) is 4.20. The van der Waals surface area contributed by atoms with Crippen LogP contribution < -0.4 is 5.32 Å². The van der Waals surface area contributed by atoms with Crippen LogP contribution in [0.1, 0.15) is 57.7 Å². The number of rotatable bonds is 5. The Hall–Kier alpha value is -1.27. The van der Waals surface area contributed by atoms with Gasteiger partial charge in [-0.2, -0.15) is 11.8 Å². The van der Waals surface area contributed by atoms with Crippen molar-refractivity contribution in [3.8, 4) is 0 Å². The number of thiazole rings is 1. The van der Waals surface area contributed by atoms with Crippen LogP contribution in [-0.2, 0) is 18.6 Å². The summed E-state index contributed by atoms with van der Waals surface area (Å²) in [5.74, 6) is 1.81. The molecule has 2 aromatic rings. The Morgan fingerprint density at radius 3 is 3.05 bits per heavy atom. The summed E-state index contributed by atoms with van der Waals surface area (Å²) in [6.07, 6.45) is 6.68. The average Bonchev–Trinajstić information content (AvgIpc) is 3.13. The lowest BCUT2D eigenvalue weighted by Gasteiger charge is -2.09. The zero-order chi connectivity index (χ0) is 15.5. The molecule has 0 fully saturated rings. The van der Waals surface area contributed by atoms with E-state index in [1.165, 1.54) is 23.4 Å². The molecule has 0 aromatic carbocycles. The summed E-state index contributed by atoms with van der Waals surface area (Å²) >= 11 is 3.41. The number of aryl methyl sites for hydroxylation is 2. The molecule has 6 heteroatoms. The summed E-state index contributed by atoms with van der Waals surface area (Å²) in [6, 6.07) is 3.51. The number of amides is 1. The zero-order valence-electron chi connectivity index (χ0n) is 12.8. The molecule has 0 radical (unpaired) electrons. The maximum absolute atomic E-state index is 12.3. The minimum atomic E-state index is -0.173. The summed E-state index contributed by atoms with van der Waals surface area (Å²) in [4.78, 5) is 18.3. The van der Waals surface area contributed by atoms with E-state index in [0.29, 0.717) is 5.76 Å². The molecule has 1 aliphatic carbocycles. The Morgan fingerprint density at radius 2 is 2.27 bits per heavy atom. The number of thioether (sulfide) groups is 1. The van der Waals surface area contributed by atoms with Crippen LogP contribution in [0.15, 0.2) is 16.5 Å². The molecule has 1 amide bonds. The summed E-state index contributed by atoms with van der Waals surface area (Å²) in [7, 11) is 0. The molecular weight excluding hydrogens is 316 g/mol. The Kier molecular flexibility index (Phi) is 4.88. The first-order valence-electron chi connectivity index (χ1n) is 7.54. The minimum Gasteiger partial charge on any atom is -0.455 e. The second-order valence-electron chi connectivity index (χ2n) is 5.52. The molecule has 4 nitrogen and oxygen atoms in total. The van der Waals surface area contributed by atoms with Gasteiger partial charge in [-0.15, -0.1) is 11.3 Å². The van der Waals surface area contributed by atoms with Gasteiger partial charge in [0, 0.05) is 4.88 Å². The van der Waals surface area contributed by atoms with Gasteiger partial charge in [0.2, 0.25) is 0 Å². The molecule has 0 saturated carbocycles. The highest BCUT2D eigenvalue weighted by molar-refractivity contribution is 7.97. The van der Waals surface area contributed by atoms with Crippen molar-refractivity contribution < 1.29 is 9.21 Å². The van der Waals surface area contributed by atoms with Crippen molar-refractivity contribution in [2.24, 2.45) is 0 Å². The lowest BCUT2D eigenvalue weighted by atomic mass is 10.0. The fourth-order valence-electron chi connectivity index (χ4n) is 2.61. The Balaban J connectivity index is 1.66. The Labute approximate surface area is 138 Å². The van der Waals surface area contributed by atoms with Crippen LogP contribution in [-0.4, -0.2) is 17.1 Å². The maximum atomic E-state index is 12.3. The number of nitrogens with one attached hydrogen (secondary N) is 1. The number of aromatic nitrogens is 1. The lowest BCUT2D eigenvalue weighted by Crippen LogP contribution is -2.26. The number of hydrogen-bond acceptors (Lipinski definition) is 5. The third-order valence-electron chi connectivity index (χ3n) is 3.75. The summed E-state index contributed by atoms with van der Waals surface area (Å²) in [6.45, 7) is 1.98. The van der Waals surface area contributed by atoms with Gasteiger partial charge in [-0.25, -0.2) is 4.98 Å². The summed E-state index contributed by atoms with van der Waals surface area (Å²) < 4.78 is 5.55. The van der Waals surface area contributed by atoms with Gasteiger partial charge in [-0.1, -0.05) is 0 Å². The number of nitrogens with zero attached hydrogens (tertiary/aromatic N) is 1. The van der Waals surface area contributed by atoms with Gasteiger partial charge in [0.15, 0.2) is 5.76 Å². The van der Waals surface area contributed by atoms with E-state index in [-0.39, 0.29) is 11.9 Å². The van der Waals surface area contributed by atoms with Crippen LogP contribution in [0, 0.1) is 0 Å². The zero-order valence-corrected chi connectivity index (χ0v) is 14.5. The van der Waals surface area contributed by atoms with Crippen LogP contribution in [0.5, 0.6) is 0 Å². The van der Waals surface area contributed by atoms with Crippen molar-refractivity contribution >= 4 is 29.0 Å². The van der Waals surface area contributed by atoms with Crippen LogP contribution >= 0.6 is 23.1 Å². The first-order chi connectivity index (χ1) is 10.7. The highest BCUT2D eigenvalue weighted by Gasteiger charge is 2.21. The molecule has 2 heterocycles. The first kappa shape index (κ1) is 15.6. The molecular formula is C16H20N2O2S2. The van der Waals surface area contributed by atoms with Crippen molar-refractivity contribution in [3.05, 3.63) is 39.2 Å². The molecule has 0 bridgehead atoms. The molecule has 3 rings (SSSR count). The molecule has 1 aliphatic rings. The molecule has 0 spiro atoms. The topological polar surface area (TPSA) is 55.1 Å². The molecule has 0 unspecified atom stereocenters. The molecule has 1 N–H and O–H groups in total. The quantitative estimate of drug-likeness (QED) is 0.897. The van der Waals surface area contributed by atoms with E-state index in [9.17, 15) is 4.79 Å².